The number of amides is 1. The fourth-order valence-electron chi connectivity index (χ4n) is 4.16. The zero-order valence-corrected chi connectivity index (χ0v) is 18.2. The van der Waals surface area contributed by atoms with Gasteiger partial charge in [0.05, 0.1) is 27.8 Å². The Morgan fingerprint density at radius 3 is 2.47 bits per heavy atom. The number of carbonyl (C=O) groups is 2. The molecule has 9 heteroatoms. The number of ether oxygens (including phenoxy) is 4. The second-order valence-corrected chi connectivity index (χ2v) is 7.53. The summed E-state index contributed by atoms with van der Waals surface area (Å²) in [5, 5.41) is 3.19. The summed E-state index contributed by atoms with van der Waals surface area (Å²) in [7, 11) is 4.35. The lowest BCUT2D eigenvalue weighted by Crippen LogP contribution is -2.46. The molecule has 1 fully saturated rings. The Balaban J connectivity index is 1.75. The fraction of sp³-hybridized carbons (Fsp3) is 0.391. The highest BCUT2D eigenvalue weighted by atomic mass is 19.1. The van der Waals surface area contributed by atoms with Crippen LogP contribution in [-0.4, -0.2) is 64.1 Å². The van der Waals surface area contributed by atoms with E-state index in [2.05, 4.69) is 5.32 Å². The molecule has 8 nitrogen and oxygen atoms in total. The first-order valence-electron chi connectivity index (χ1n) is 10.3. The van der Waals surface area contributed by atoms with Gasteiger partial charge < -0.3 is 29.2 Å². The largest absolute Gasteiger partial charge is 0.493 e. The molecule has 1 unspecified atom stereocenters. The Morgan fingerprint density at radius 1 is 1.09 bits per heavy atom. The smallest absolute Gasteiger partial charge is 0.254 e. The summed E-state index contributed by atoms with van der Waals surface area (Å²) in [5.41, 5.74) is 0.904. The molecule has 0 radical (unpaired) electrons. The average molecular weight is 444 g/mol. The molecule has 1 N–H and O–H groups in total. The van der Waals surface area contributed by atoms with Gasteiger partial charge in [-0.15, -0.1) is 0 Å². The number of ketones is 1. The van der Waals surface area contributed by atoms with Crippen LogP contribution in [0.4, 0.5) is 4.39 Å². The van der Waals surface area contributed by atoms with Gasteiger partial charge in [-0.1, -0.05) is 6.07 Å². The number of nitrogens with zero attached hydrogens (tertiary/aromatic N) is 1. The first kappa shape index (κ1) is 21.9. The summed E-state index contributed by atoms with van der Waals surface area (Å²) < 4.78 is 36.4. The number of hydrogen-bond acceptors (Lipinski definition) is 7. The van der Waals surface area contributed by atoms with Gasteiger partial charge in [0.2, 0.25) is 5.75 Å². The molecular formula is C23H25FN2O6. The highest BCUT2D eigenvalue weighted by Gasteiger charge is 2.36. The van der Waals surface area contributed by atoms with Gasteiger partial charge in [-0.3, -0.25) is 9.59 Å². The molecule has 0 aromatic heterocycles. The molecular weight excluding hydrogens is 419 g/mol. The number of nitrogens with one attached hydrogen (secondary N) is 1. The second-order valence-electron chi connectivity index (χ2n) is 7.53. The molecule has 32 heavy (non-hydrogen) atoms. The standard InChI is InChI=1S/C23H25FN2O6/c1-29-19-12-18-20(22(31-3)21(19)30-2)16(27)11-17(32-18)14-5-4-13(24)10-15(14)23(28)26-8-6-25-7-9-26/h4-5,10,12,17,25H,6-9,11H2,1-3H3. The number of halogens is 1. The summed E-state index contributed by atoms with van der Waals surface area (Å²) in [4.78, 5) is 28.0. The Bertz CT molecular complexity index is 1050. The average Bonchev–Trinajstić information content (AvgIpc) is 2.82. The predicted molar refractivity (Wildman–Crippen MR) is 114 cm³/mol. The Kier molecular flexibility index (Phi) is 6.18. The van der Waals surface area contributed by atoms with Crippen molar-refractivity contribution in [1.29, 1.82) is 0 Å². The molecule has 0 aliphatic carbocycles. The number of piperazine rings is 1. The van der Waals surface area contributed by atoms with Gasteiger partial charge in [0, 0.05) is 43.4 Å². The van der Waals surface area contributed by atoms with Crippen molar-refractivity contribution >= 4 is 11.7 Å². The van der Waals surface area contributed by atoms with Gasteiger partial charge in [0.15, 0.2) is 17.3 Å². The summed E-state index contributed by atoms with van der Waals surface area (Å²) >= 11 is 0. The van der Waals surface area contributed by atoms with E-state index in [-0.39, 0.29) is 40.7 Å². The van der Waals surface area contributed by atoms with Crippen LogP contribution in [-0.2, 0) is 0 Å². The van der Waals surface area contributed by atoms with Crippen molar-refractivity contribution in [2.75, 3.05) is 47.5 Å². The molecule has 2 aromatic rings. The highest BCUT2D eigenvalue weighted by molar-refractivity contribution is 6.04. The zero-order chi connectivity index (χ0) is 22.8. The Morgan fingerprint density at radius 2 is 1.81 bits per heavy atom. The van der Waals surface area contributed by atoms with Gasteiger partial charge in [0.1, 0.15) is 23.2 Å². The summed E-state index contributed by atoms with van der Waals surface area (Å²) in [5.74, 6) is 0.0648. The minimum atomic E-state index is -0.764. The first-order valence-corrected chi connectivity index (χ1v) is 10.3. The topological polar surface area (TPSA) is 86.3 Å². The Hall–Kier alpha value is -3.33. The highest BCUT2D eigenvalue weighted by Crippen LogP contribution is 2.49. The third-order valence-electron chi connectivity index (χ3n) is 5.71. The molecule has 0 saturated carbocycles. The normalized spacial score (nSPS) is 17.9. The van der Waals surface area contributed by atoms with Crippen molar-refractivity contribution in [3.05, 3.63) is 46.8 Å². The van der Waals surface area contributed by atoms with Gasteiger partial charge in [-0.25, -0.2) is 4.39 Å². The molecule has 1 atom stereocenters. The molecule has 2 heterocycles. The number of rotatable bonds is 5. The first-order chi connectivity index (χ1) is 15.5. The van der Waals surface area contributed by atoms with Gasteiger partial charge >= 0.3 is 0 Å². The van der Waals surface area contributed by atoms with Crippen LogP contribution in [0.1, 0.15) is 38.8 Å². The number of carbonyl (C=O) groups excluding carboxylic acids is 2. The second kappa shape index (κ2) is 9.04. The van der Waals surface area contributed by atoms with Crippen LogP contribution in [0.5, 0.6) is 23.0 Å². The van der Waals surface area contributed by atoms with E-state index >= 15 is 0 Å². The van der Waals surface area contributed by atoms with Gasteiger partial charge in [0.25, 0.3) is 5.91 Å². The quantitative estimate of drug-likeness (QED) is 0.759. The molecule has 2 aliphatic heterocycles. The van der Waals surface area contributed by atoms with E-state index in [1.165, 1.54) is 39.5 Å². The molecule has 170 valence electrons. The van der Waals surface area contributed by atoms with E-state index in [1.54, 1.807) is 11.0 Å². The predicted octanol–water partition coefficient (Wildman–Crippen LogP) is 2.60. The molecule has 2 aromatic carbocycles. The monoisotopic (exact) mass is 444 g/mol. The van der Waals surface area contributed by atoms with Gasteiger partial charge in [-0.05, 0) is 12.1 Å². The molecule has 0 spiro atoms. The lowest BCUT2D eigenvalue weighted by Gasteiger charge is -2.31. The van der Waals surface area contributed by atoms with Crippen LogP contribution >= 0.6 is 0 Å². The number of hydrogen-bond donors (Lipinski definition) is 1. The maximum Gasteiger partial charge on any atom is 0.254 e. The van der Waals surface area contributed by atoms with Crippen molar-refractivity contribution in [2.24, 2.45) is 0 Å². The maximum atomic E-state index is 14.1. The molecule has 1 saturated heterocycles. The van der Waals surface area contributed by atoms with Crippen LogP contribution in [0, 0.1) is 5.82 Å². The number of Topliss-reactive ketones (excluding diaryl/α,β-unsaturated/α-hetero) is 1. The van der Waals surface area contributed by atoms with Crippen LogP contribution in [0.25, 0.3) is 0 Å². The minimum Gasteiger partial charge on any atom is -0.493 e. The van der Waals surface area contributed by atoms with Crippen LogP contribution in [0.2, 0.25) is 0 Å². The van der Waals surface area contributed by atoms with E-state index in [0.717, 1.165) is 0 Å². The van der Waals surface area contributed by atoms with Crippen LogP contribution < -0.4 is 24.3 Å². The number of benzene rings is 2. The van der Waals surface area contributed by atoms with Gasteiger partial charge in [-0.2, -0.15) is 0 Å². The van der Waals surface area contributed by atoms with E-state index in [9.17, 15) is 14.0 Å². The fourth-order valence-corrected chi connectivity index (χ4v) is 4.16. The van der Waals surface area contributed by atoms with E-state index in [4.69, 9.17) is 18.9 Å². The van der Waals surface area contributed by atoms with Crippen LogP contribution in [0.3, 0.4) is 0 Å². The van der Waals surface area contributed by atoms with Crippen molar-refractivity contribution in [3.63, 3.8) is 0 Å². The molecule has 2 aliphatic rings. The summed E-state index contributed by atoms with van der Waals surface area (Å²) in [6, 6.07) is 5.54. The van der Waals surface area contributed by atoms with E-state index < -0.39 is 11.9 Å². The summed E-state index contributed by atoms with van der Waals surface area (Å²) in [6.45, 7) is 2.39. The zero-order valence-electron chi connectivity index (χ0n) is 18.2. The molecule has 4 rings (SSSR count). The van der Waals surface area contributed by atoms with Crippen LogP contribution in [0.15, 0.2) is 24.3 Å². The molecule has 0 bridgehead atoms. The minimum absolute atomic E-state index is 0.0354. The van der Waals surface area contributed by atoms with Crippen molar-refractivity contribution in [3.8, 4) is 23.0 Å². The van der Waals surface area contributed by atoms with E-state index in [0.29, 0.717) is 43.2 Å². The third kappa shape index (κ3) is 3.84. The number of methoxy groups -OCH3 is 3. The van der Waals surface area contributed by atoms with Crippen molar-refractivity contribution in [2.45, 2.75) is 12.5 Å². The lowest BCUT2D eigenvalue weighted by atomic mass is 9.92. The molecule has 1 amide bonds. The number of fused-ring (bicyclic) bond motifs is 1. The summed E-state index contributed by atoms with van der Waals surface area (Å²) in [6.07, 6.45) is -0.799. The van der Waals surface area contributed by atoms with Crippen molar-refractivity contribution in [1.82, 2.24) is 10.2 Å². The van der Waals surface area contributed by atoms with Crippen molar-refractivity contribution < 1.29 is 32.9 Å². The Labute approximate surface area is 185 Å². The maximum absolute atomic E-state index is 14.1. The lowest BCUT2D eigenvalue weighted by molar-refractivity contribution is 0.0719. The van der Waals surface area contributed by atoms with E-state index in [1.807, 2.05) is 0 Å². The third-order valence-corrected chi connectivity index (χ3v) is 5.71. The SMILES string of the molecule is COc1cc2c(c(OC)c1OC)C(=O)CC(c1ccc(F)cc1C(=O)N1CCNCC1)O2.